The Balaban J connectivity index is 2.19. The van der Waals surface area contributed by atoms with E-state index in [1.807, 2.05) is 0 Å². The first-order chi connectivity index (χ1) is 24.3. The third kappa shape index (κ3) is 23.7. The topological polar surface area (TPSA) is 149 Å². The molecule has 0 radical (unpaired) electrons. The monoisotopic (exact) mass is 716 g/mol. The van der Waals surface area contributed by atoms with E-state index < -0.39 is 49.5 Å². The summed E-state index contributed by atoms with van der Waals surface area (Å²) < 4.78 is 11.2. The van der Waals surface area contributed by atoms with Crippen molar-refractivity contribution in [3.8, 4) is 0 Å². The number of carbonyl (C=O) groups is 1. The molecule has 7 unspecified atom stereocenters. The van der Waals surface area contributed by atoms with Crippen LogP contribution < -0.4 is 5.32 Å². The summed E-state index contributed by atoms with van der Waals surface area (Å²) in [7, 11) is 0. The van der Waals surface area contributed by atoms with Crippen molar-refractivity contribution in [2.75, 3.05) is 13.2 Å². The SMILES string of the molecule is CCCCCCCCCCCCCCCCCCCCCCCCC(O)C(COC1OC(CO)C(O)C(O)C1O)NC(=O)CCCCCCC. The number of amides is 1. The van der Waals surface area contributed by atoms with E-state index in [9.17, 15) is 30.3 Å². The van der Waals surface area contributed by atoms with E-state index in [4.69, 9.17) is 9.47 Å². The summed E-state index contributed by atoms with van der Waals surface area (Å²) in [6, 6.07) is -0.708. The van der Waals surface area contributed by atoms with Gasteiger partial charge >= 0.3 is 0 Å². The molecule has 0 aromatic carbocycles. The zero-order chi connectivity index (χ0) is 36.7. The quantitative estimate of drug-likeness (QED) is 0.0362. The van der Waals surface area contributed by atoms with Gasteiger partial charge in [0.1, 0.15) is 24.4 Å². The molecule has 0 aliphatic carbocycles. The van der Waals surface area contributed by atoms with Gasteiger partial charge in [-0.3, -0.25) is 4.79 Å². The van der Waals surface area contributed by atoms with E-state index in [0.29, 0.717) is 12.8 Å². The molecule has 298 valence electrons. The van der Waals surface area contributed by atoms with Crippen LogP contribution in [0.15, 0.2) is 0 Å². The van der Waals surface area contributed by atoms with Crippen LogP contribution in [0.5, 0.6) is 0 Å². The lowest BCUT2D eigenvalue weighted by Crippen LogP contribution is -2.60. The maximum atomic E-state index is 12.7. The minimum Gasteiger partial charge on any atom is -0.394 e. The molecule has 50 heavy (non-hydrogen) atoms. The zero-order valence-corrected chi connectivity index (χ0v) is 32.4. The smallest absolute Gasteiger partial charge is 0.220 e. The summed E-state index contributed by atoms with van der Waals surface area (Å²) in [6.45, 7) is 3.75. The van der Waals surface area contributed by atoms with E-state index in [1.54, 1.807) is 0 Å². The molecule has 1 aliphatic rings. The number of aliphatic hydroxyl groups excluding tert-OH is 5. The Hall–Kier alpha value is -0.810. The number of aliphatic hydroxyl groups is 5. The molecule has 1 heterocycles. The van der Waals surface area contributed by atoms with Crippen molar-refractivity contribution in [1.82, 2.24) is 5.32 Å². The average Bonchev–Trinajstić information content (AvgIpc) is 3.11. The Bertz CT molecular complexity index is 756. The summed E-state index contributed by atoms with van der Waals surface area (Å²) in [5.74, 6) is -0.156. The van der Waals surface area contributed by atoms with Gasteiger partial charge in [0.15, 0.2) is 6.29 Å². The van der Waals surface area contributed by atoms with Crippen molar-refractivity contribution in [2.45, 2.75) is 243 Å². The summed E-state index contributed by atoms with van der Waals surface area (Å²) in [6.07, 6.45) is 27.4. The van der Waals surface area contributed by atoms with Crippen molar-refractivity contribution in [2.24, 2.45) is 0 Å². The number of unbranched alkanes of at least 4 members (excludes halogenated alkanes) is 25. The lowest BCUT2D eigenvalue weighted by molar-refractivity contribution is -0.302. The highest BCUT2D eigenvalue weighted by molar-refractivity contribution is 5.76. The highest BCUT2D eigenvalue weighted by Crippen LogP contribution is 2.23. The van der Waals surface area contributed by atoms with Crippen LogP contribution in [0.3, 0.4) is 0 Å². The van der Waals surface area contributed by atoms with E-state index >= 15 is 0 Å². The fraction of sp³-hybridized carbons (Fsp3) is 0.976. The van der Waals surface area contributed by atoms with Crippen LogP contribution in [-0.2, 0) is 14.3 Å². The molecule has 0 aromatic rings. The van der Waals surface area contributed by atoms with Crippen LogP contribution >= 0.6 is 0 Å². The van der Waals surface area contributed by atoms with Crippen LogP contribution in [0, 0.1) is 0 Å². The van der Waals surface area contributed by atoms with Gasteiger partial charge in [0, 0.05) is 6.42 Å². The van der Waals surface area contributed by atoms with Gasteiger partial charge in [-0.05, 0) is 12.8 Å². The molecular formula is C41H81NO8. The summed E-state index contributed by atoms with van der Waals surface area (Å²) in [4.78, 5) is 12.7. The molecule has 1 rings (SSSR count). The molecule has 0 bridgehead atoms. The normalized spacial score (nSPS) is 22.1. The Morgan fingerprint density at radius 2 is 1.00 bits per heavy atom. The number of hydrogen-bond donors (Lipinski definition) is 6. The van der Waals surface area contributed by atoms with Gasteiger partial charge in [0.05, 0.1) is 25.4 Å². The number of nitrogens with one attached hydrogen (secondary N) is 1. The van der Waals surface area contributed by atoms with Gasteiger partial charge in [-0.1, -0.05) is 181 Å². The number of hydrogen-bond acceptors (Lipinski definition) is 8. The second kappa shape index (κ2) is 32.8. The first-order valence-corrected chi connectivity index (χ1v) is 21.2. The maximum Gasteiger partial charge on any atom is 0.220 e. The fourth-order valence-corrected chi connectivity index (χ4v) is 6.98. The predicted molar refractivity (Wildman–Crippen MR) is 203 cm³/mol. The van der Waals surface area contributed by atoms with Gasteiger partial charge in [0.2, 0.25) is 5.91 Å². The average molecular weight is 716 g/mol. The zero-order valence-electron chi connectivity index (χ0n) is 32.4. The van der Waals surface area contributed by atoms with Gasteiger partial charge in [-0.25, -0.2) is 0 Å². The first kappa shape index (κ1) is 47.2. The molecule has 0 saturated carbocycles. The highest BCUT2D eigenvalue weighted by atomic mass is 16.7. The summed E-state index contributed by atoms with van der Waals surface area (Å²) >= 11 is 0. The Morgan fingerprint density at radius 1 is 0.600 bits per heavy atom. The number of carbonyl (C=O) groups excluding carboxylic acids is 1. The molecular weight excluding hydrogens is 634 g/mol. The minimum atomic E-state index is -1.55. The largest absolute Gasteiger partial charge is 0.394 e. The Kier molecular flexibility index (Phi) is 31.0. The maximum absolute atomic E-state index is 12.7. The van der Waals surface area contributed by atoms with E-state index in [2.05, 4.69) is 19.2 Å². The Labute approximate surface area is 306 Å². The third-order valence-corrected chi connectivity index (χ3v) is 10.5. The minimum absolute atomic E-state index is 0.134. The van der Waals surface area contributed by atoms with Crippen LogP contribution in [0.1, 0.15) is 200 Å². The molecule has 6 N–H and O–H groups in total. The third-order valence-electron chi connectivity index (χ3n) is 10.5. The van der Waals surface area contributed by atoms with Crippen molar-refractivity contribution in [3.05, 3.63) is 0 Å². The molecule has 1 saturated heterocycles. The fourth-order valence-electron chi connectivity index (χ4n) is 6.98. The molecule has 0 aromatic heterocycles. The molecule has 1 fully saturated rings. The standard InChI is InChI=1S/C41H81NO8/c1-3-5-7-9-10-11-12-13-14-15-16-17-18-19-20-21-22-23-24-25-27-28-30-35(44)34(42-37(45)31-29-26-8-6-4-2)33-49-41-40(48)39(47)38(46)36(32-43)50-41/h34-36,38-41,43-44,46-48H,3-33H2,1-2H3,(H,42,45). The molecule has 9 heteroatoms. The van der Waals surface area contributed by atoms with E-state index in [-0.39, 0.29) is 12.5 Å². The molecule has 9 nitrogen and oxygen atoms in total. The lowest BCUT2D eigenvalue weighted by Gasteiger charge is -2.40. The van der Waals surface area contributed by atoms with Crippen LogP contribution in [0.4, 0.5) is 0 Å². The number of rotatable bonds is 35. The second-order valence-electron chi connectivity index (χ2n) is 15.1. The van der Waals surface area contributed by atoms with Crippen molar-refractivity contribution in [1.29, 1.82) is 0 Å². The molecule has 1 aliphatic heterocycles. The molecule has 1 amide bonds. The lowest BCUT2D eigenvalue weighted by atomic mass is 9.99. The Morgan fingerprint density at radius 3 is 1.42 bits per heavy atom. The predicted octanol–water partition coefficient (Wildman–Crippen LogP) is 8.00. The van der Waals surface area contributed by atoms with Crippen molar-refractivity contribution in [3.63, 3.8) is 0 Å². The van der Waals surface area contributed by atoms with Gasteiger partial charge in [0.25, 0.3) is 0 Å². The van der Waals surface area contributed by atoms with Crippen LogP contribution in [-0.4, -0.2) is 87.5 Å². The van der Waals surface area contributed by atoms with Crippen molar-refractivity contribution >= 4 is 5.91 Å². The van der Waals surface area contributed by atoms with Crippen LogP contribution in [0.2, 0.25) is 0 Å². The van der Waals surface area contributed by atoms with Crippen molar-refractivity contribution < 1.29 is 39.8 Å². The van der Waals surface area contributed by atoms with Gasteiger partial charge in [-0.2, -0.15) is 0 Å². The molecule has 0 spiro atoms. The van der Waals surface area contributed by atoms with Gasteiger partial charge in [-0.15, -0.1) is 0 Å². The van der Waals surface area contributed by atoms with Crippen LogP contribution in [0.25, 0.3) is 0 Å². The van der Waals surface area contributed by atoms with E-state index in [1.165, 1.54) is 122 Å². The molecule has 7 atom stereocenters. The number of ether oxygens (including phenoxy) is 2. The first-order valence-electron chi connectivity index (χ1n) is 21.2. The highest BCUT2D eigenvalue weighted by Gasteiger charge is 2.44. The van der Waals surface area contributed by atoms with E-state index in [0.717, 1.165) is 51.4 Å². The van der Waals surface area contributed by atoms with Gasteiger partial charge < -0.3 is 40.3 Å². The second-order valence-corrected chi connectivity index (χ2v) is 15.1. The summed E-state index contributed by atoms with van der Waals surface area (Å²) in [5.41, 5.74) is 0. The summed E-state index contributed by atoms with van der Waals surface area (Å²) in [5, 5.41) is 53.9.